The van der Waals surface area contributed by atoms with E-state index in [9.17, 15) is 32.3 Å². The predicted molar refractivity (Wildman–Crippen MR) is 97.7 cm³/mol. The number of hydrogen-bond acceptors (Lipinski definition) is 5. The van der Waals surface area contributed by atoms with Crippen molar-refractivity contribution in [1.29, 1.82) is 0 Å². The molecule has 0 saturated carbocycles. The number of aromatic nitrogens is 2. The van der Waals surface area contributed by atoms with Crippen LogP contribution in [0.3, 0.4) is 0 Å². The summed E-state index contributed by atoms with van der Waals surface area (Å²) in [4.78, 5) is 47.7. The van der Waals surface area contributed by atoms with Crippen molar-refractivity contribution in [3.8, 4) is 0 Å². The summed E-state index contributed by atoms with van der Waals surface area (Å²) in [7, 11) is 0. The van der Waals surface area contributed by atoms with E-state index in [-0.39, 0.29) is 29.9 Å². The van der Waals surface area contributed by atoms with Crippen LogP contribution in [-0.4, -0.2) is 34.2 Å². The number of hydrogen-bond donors (Lipinski definition) is 2. The minimum atomic E-state index is -4.45. The highest BCUT2D eigenvalue weighted by molar-refractivity contribution is 7.18. The Morgan fingerprint density at radius 3 is 2.46 bits per heavy atom. The Hall–Kier alpha value is -2.63. The molecule has 154 valence electrons. The molecule has 0 fully saturated rings. The molecule has 2 heterocycles. The topological polar surface area (TPSA) is 102 Å². The summed E-state index contributed by atoms with van der Waals surface area (Å²) < 4.78 is 39.9. The van der Waals surface area contributed by atoms with Crippen molar-refractivity contribution in [1.82, 2.24) is 19.8 Å². The van der Waals surface area contributed by atoms with E-state index >= 15 is 0 Å². The SMILES string of the molecule is CCn1c(=O)c2c(C)c(CNC(=O)NCC=O)sc2n(CCC(F)(F)F)c1=O. The van der Waals surface area contributed by atoms with Gasteiger partial charge in [0.25, 0.3) is 5.56 Å². The van der Waals surface area contributed by atoms with Crippen molar-refractivity contribution in [3.63, 3.8) is 0 Å². The van der Waals surface area contributed by atoms with Gasteiger partial charge in [-0.05, 0) is 19.4 Å². The molecule has 2 N–H and O–H groups in total. The summed E-state index contributed by atoms with van der Waals surface area (Å²) in [5.41, 5.74) is -0.881. The molecule has 0 radical (unpaired) electrons. The van der Waals surface area contributed by atoms with Gasteiger partial charge in [-0.3, -0.25) is 13.9 Å². The summed E-state index contributed by atoms with van der Waals surface area (Å²) in [5, 5.41) is 4.95. The molecule has 12 heteroatoms. The third-order valence-electron chi connectivity index (χ3n) is 4.08. The monoisotopic (exact) mass is 420 g/mol. The fourth-order valence-corrected chi connectivity index (χ4v) is 3.94. The highest BCUT2D eigenvalue weighted by Crippen LogP contribution is 2.29. The van der Waals surface area contributed by atoms with Gasteiger partial charge in [0.2, 0.25) is 0 Å². The van der Waals surface area contributed by atoms with E-state index in [1.807, 2.05) is 0 Å². The lowest BCUT2D eigenvalue weighted by atomic mass is 10.2. The molecule has 0 bridgehead atoms. The second kappa shape index (κ2) is 8.59. The molecule has 2 aromatic rings. The standard InChI is InChI=1S/C16H19F3N4O4S/c1-3-22-12(25)11-9(2)10(8-21-14(26)20-5-7-24)28-13(11)23(15(22)27)6-4-16(17,18)19/h7H,3-6,8H2,1-2H3,(H2,20,21,26). The molecule has 0 aliphatic rings. The first-order valence-corrected chi connectivity index (χ1v) is 9.20. The maximum absolute atomic E-state index is 12.7. The van der Waals surface area contributed by atoms with Crippen LogP contribution in [0.2, 0.25) is 0 Å². The van der Waals surface area contributed by atoms with E-state index in [0.29, 0.717) is 16.7 Å². The molecular weight excluding hydrogens is 401 g/mol. The molecule has 0 aliphatic carbocycles. The number of rotatable bonds is 7. The Kier molecular flexibility index (Phi) is 6.65. The summed E-state index contributed by atoms with van der Waals surface area (Å²) >= 11 is 0.985. The van der Waals surface area contributed by atoms with Crippen LogP contribution in [-0.2, 0) is 24.4 Å². The van der Waals surface area contributed by atoms with Crippen molar-refractivity contribution in [3.05, 3.63) is 31.3 Å². The third kappa shape index (κ3) is 4.61. The lowest BCUT2D eigenvalue weighted by Gasteiger charge is -2.12. The summed E-state index contributed by atoms with van der Waals surface area (Å²) in [6.07, 6.45) is -5.15. The molecule has 0 atom stereocenters. The Morgan fingerprint density at radius 1 is 1.21 bits per heavy atom. The van der Waals surface area contributed by atoms with Gasteiger partial charge in [0, 0.05) is 18.0 Å². The highest BCUT2D eigenvalue weighted by atomic mass is 32.1. The fourth-order valence-electron chi connectivity index (χ4n) is 2.68. The van der Waals surface area contributed by atoms with Gasteiger partial charge in [-0.2, -0.15) is 13.2 Å². The molecule has 2 aromatic heterocycles. The molecule has 2 amide bonds. The largest absolute Gasteiger partial charge is 0.390 e. The van der Waals surface area contributed by atoms with E-state index in [2.05, 4.69) is 10.6 Å². The number of nitrogens with zero attached hydrogens (tertiary/aromatic N) is 2. The average Bonchev–Trinajstić information content (AvgIpc) is 2.94. The van der Waals surface area contributed by atoms with E-state index < -0.39 is 36.4 Å². The number of carbonyl (C=O) groups is 2. The van der Waals surface area contributed by atoms with Gasteiger partial charge in [0.1, 0.15) is 11.1 Å². The Morgan fingerprint density at radius 2 is 1.89 bits per heavy atom. The number of fused-ring (bicyclic) bond motifs is 1. The molecule has 0 saturated heterocycles. The number of carbonyl (C=O) groups excluding carboxylic acids is 2. The molecule has 28 heavy (non-hydrogen) atoms. The lowest BCUT2D eigenvalue weighted by molar-refractivity contribution is -0.136. The first kappa shape index (κ1) is 21.7. The van der Waals surface area contributed by atoms with Crippen LogP contribution in [0, 0.1) is 6.92 Å². The number of aldehydes is 1. The van der Waals surface area contributed by atoms with Crippen molar-refractivity contribution in [2.45, 2.75) is 46.1 Å². The zero-order chi connectivity index (χ0) is 21.1. The third-order valence-corrected chi connectivity index (χ3v) is 5.40. The van der Waals surface area contributed by atoms with Gasteiger partial charge in [-0.25, -0.2) is 9.59 Å². The molecule has 0 spiro atoms. The molecule has 8 nitrogen and oxygen atoms in total. The maximum Gasteiger partial charge on any atom is 0.390 e. The van der Waals surface area contributed by atoms with Gasteiger partial charge < -0.3 is 15.4 Å². The quantitative estimate of drug-likeness (QED) is 0.663. The van der Waals surface area contributed by atoms with Gasteiger partial charge in [0.15, 0.2) is 0 Å². The molecule has 2 rings (SSSR count). The second-order valence-corrected chi connectivity index (χ2v) is 6.99. The van der Waals surface area contributed by atoms with Crippen LogP contribution in [0.25, 0.3) is 10.2 Å². The number of amides is 2. The molecular formula is C16H19F3N4O4S. The summed E-state index contributed by atoms with van der Waals surface area (Å²) in [6.45, 7) is 2.41. The fraction of sp³-hybridized carbons (Fsp3) is 0.500. The zero-order valence-electron chi connectivity index (χ0n) is 15.2. The van der Waals surface area contributed by atoms with Gasteiger partial charge in [-0.15, -0.1) is 11.3 Å². The van der Waals surface area contributed by atoms with Crippen LogP contribution in [0.5, 0.6) is 0 Å². The molecule has 0 unspecified atom stereocenters. The molecule has 0 aromatic carbocycles. The first-order chi connectivity index (χ1) is 13.1. The van der Waals surface area contributed by atoms with Gasteiger partial charge in [-0.1, -0.05) is 0 Å². The van der Waals surface area contributed by atoms with E-state index in [4.69, 9.17) is 0 Å². The lowest BCUT2D eigenvalue weighted by Crippen LogP contribution is -2.39. The number of thiophene rings is 1. The van der Waals surface area contributed by atoms with Gasteiger partial charge in [0.05, 0.1) is 24.9 Å². The zero-order valence-corrected chi connectivity index (χ0v) is 16.0. The van der Waals surface area contributed by atoms with Crippen LogP contribution in [0.1, 0.15) is 23.8 Å². The number of urea groups is 1. The van der Waals surface area contributed by atoms with Crippen LogP contribution >= 0.6 is 11.3 Å². The Bertz CT molecular complexity index is 1010. The normalized spacial score (nSPS) is 11.6. The van der Waals surface area contributed by atoms with Crippen LogP contribution in [0.4, 0.5) is 18.0 Å². The average molecular weight is 420 g/mol. The Labute approximate surface area is 161 Å². The van der Waals surface area contributed by atoms with Crippen molar-refractivity contribution in [2.75, 3.05) is 6.54 Å². The van der Waals surface area contributed by atoms with Crippen LogP contribution in [0.15, 0.2) is 9.59 Å². The highest BCUT2D eigenvalue weighted by Gasteiger charge is 2.28. The van der Waals surface area contributed by atoms with E-state index in [1.165, 1.54) is 0 Å². The molecule has 0 aliphatic heterocycles. The summed E-state index contributed by atoms with van der Waals surface area (Å²) in [6, 6.07) is -0.607. The van der Waals surface area contributed by atoms with E-state index in [1.54, 1.807) is 13.8 Å². The van der Waals surface area contributed by atoms with Crippen molar-refractivity contribution in [2.24, 2.45) is 0 Å². The number of halogens is 3. The second-order valence-electron chi connectivity index (χ2n) is 5.91. The van der Waals surface area contributed by atoms with Gasteiger partial charge >= 0.3 is 17.9 Å². The minimum Gasteiger partial charge on any atom is -0.333 e. The number of alkyl halides is 3. The number of aryl methyl sites for hydroxylation is 2. The minimum absolute atomic E-state index is 0.00506. The maximum atomic E-state index is 12.7. The number of nitrogens with one attached hydrogen (secondary N) is 2. The predicted octanol–water partition coefficient (Wildman–Crippen LogP) is 1.50. The Balaban J connectivity index is 2.50. The van der Waals surface area contributed by atoms with Crippen molar-refractivity contribution < 1.29 is 22.8 Å². The smallest absolute Gasteiger partial charge is 0.333 e. The summed E-state index contributed by atoms with van der Waals surface area (Å²) in [5.74, 6) is 0. The van der Waals surface area contributed by atoms with Crippen molar-refractivity contribution >= 4 is 33.9 Å². The van der Waals surface area contributed by atoms with Crippen LogP contribution < -0.4 is 21.9 Å². The first-order valence-electron chi connectivity index (χ1n) is 8.38. The van der Waals surface area contributed by atoms with E-state index in [0.717, 1.165) is 20.5 Å².